The summed E-state index contributed by atoms with van der Waals surface area (Å²) in [5.41, 5.74) is 0.313. The van der Waals surface area contributed by atoms with Gasteiger partial charge >= 0.3 is 0 Å². The predicted molar refractivity (Wildman–Crippen MR) is 78.4 cm³/mol. The lowest BCUT2D eigenvalue weighted by atomic mass is 10.3. The van der Waals surface area contributed by atoms with Gasteiger partial charge in [-0.2, -0.15) is 0 Å². The molecule has 0 radical (unpaired) electrons. The first-order valence-corrected chi connectivity index (χ1v) is 7.90. The first-order valence-electron chi connectivity index (χ1n) is 5.47. The van der Waals surface area contributed by atoms with E-state index in [1.165, 1.54) is 11.4 Å². The van der Waals surface area contributed by atoms with E-state index >= 15 is 0 Å². The fraction of sp³-hybridized carbons (Fsp3) is 0.500. The van der Waals surface area contributed by atoms with Crippen molar-refractivity contribution in [2.75, 3.05) is 13.1 Å². The number of carbonyl (C=O) groups excluding carboxylic acids is 1. The number of sulfonamides is 1. The maximum absolute atomic E-state index is 11.7. The van der Waals surface area contributed by atoms with Crippen molar-refractivity contribution in [1.29, 1.82) is 0 Å². The molecule has 0 unspecified atom stereocenters. The third-order valence-corrected chi connectivity index (χ3v) is 4.63. The normalized spacial score (nSPS) is 12.6. The van der Waals surface area contributed by atoms with E-state index in [9.17, 15) is 13.2 Å². The average molecular weight is 328 g/mol. The number of halogens is 1. The van der Waals surface area contributed by atoms with Crippen LogP contribution in [0.15, 0.2) is 15.7 Å². The molecule has 0 aliphatic carbocycles. The Bertz CT molecular complexity index is 516. The fourth-order valence-electron chi connectivity index (χ4n) is 1.35. The number of rotatable bonds is 6. The van der Waals surface area contributed by atoms with Crippen molar-refractivity contribution in [3.63, 3.8) is 0 Å². The summed E-state index contributed by atoms with van der Waals surface area (Å²) in [5.74, 6) is -0.300. The summed E-state index contributed by atoms with van der Waals surface area (Å²) in [6, 6.07) is 1.45. The van der Waals surface area contributed by atoms with E-state index in [0.717, 1.165) is 17.9 Å². The molecule has 1 aromatic rings. The Morgan fingerprint density at radius 1 is 1.53 bits per heavy atom. The zero-order valence-electron chi connectivity index (χ0n) is 10.7. The number of nitrogens with two attached hydrogens (primary N) is 1. The predicted octanol–water partition coefficient (Wildman–Crippen LogP) is 0.545. The van der Waals surface area contributed by atoms with E-state index in [1.807, 2.05) is 13.8 Å². The molecule has 1 heterocycles. The van der Waals surface area contributed by atoms with Crippen LogP contribution in [-0.4, -0.2) is 33.5 Å². The highest BCUT2D eigenvalue weighted by Gasteiger charge is 2.15. The van der Waals surface area contributed by atoms with Gasteiger partial charge in [0.25, 0.3) is 5.91 Å². The quantitative estimate of drug-likeness (QED) is 0.710. The molecule has 19 heavy (non-hydrogen) atoms. The van der Waals surface area contributed by atoms with Crippen molar-refractivity contribution >= 4 is 39.7 Å². The highest BCUT2D eigenvalue weighted by molar-refractivity contribution is 7.91. The Kier molecular flexibility index (Phi) is 7.53. The molecule has 0 aliphatic heterocycles. The molecule has 0 aliphatic rings. The highest BCUT2D eigenvalue weighted by Crippen LogP contribution is 2.18. The lowest BCUT2D eigenvalue weighted by Crippen LogP contribution is -2.38. The molecular formula is C10H18ClN3O3S2. The third kappa shape index (κ3) is 5.87. The summed E-state index contributed by atoms with van der Waals surface area (Å²) in [7, 11) is -3.73. The van der Waals surface area contributed by atoms with E-state index in [1.54, 1.807) is 0 Å². The molecule has 1 rings (SSSR count). The standard InChI is InChI=1S/C10H17N3O3S2.ClH/c1-3-12-7(2)5-13-10(14)8-4-9(17-6-8)18(11,15)16;/h4,6-7,12H,3,5H2,1-2H3,(H,13,14)(H2,11,15,16);1H/t7-;/m1./s1. The summed E-state index contributed by atoms with van der Waals surface area (Å²) in [6.07, 6.45) is 0. The minimum atomic E-state index is -3.73. The Balaban J connectivity index is 0.00000324. The van der Waals surface area contributed by atoms with Crippen molar-refractivity contribution < 1.29 is 13.2 Å². The van der Waals surface area contributed by atoms with Crippen molar-refractivity contribution in [2.45, 2.75) is 24.1 Å². The van der Waals surface area contributed by atoms with Gasteiger partial charge in [0, 0.05) is 18.0 Å². The lowest BCUT2D eigenvalue weighted by molar-refractivity contribution is 0.0950. The number of carbonyl (C=O) groups is 1. The Morgan fingerprint density at radius 2 is 2.16 bits per heavy atom. The van der Waals surface area contributed by atoms with E-state index in [4.69, 9.17) is 5.14 Å². The number of thiophene rings is 1. The zero-order chi connectivity index (χ0) is 13.8. The van der Waals surface area contributed by atoms with Crippen LogP contribution >= 0.6 is 23.7 Å². The fourth-order valence-corrected chi connectivity index (χ4v) is 2.94. The monoisotopic (exact) mass is 327 g/mol. The van der Waals surface area contributed by atoms with Crippen LogP contribution in [0, 0.1) is 0 Å². The van der Waals surface area contributed by atoms with Crippen LogP contribution in [-0.2, 0) is 10.0 Å². The lowest BCUT2D eigenvalue weighted by Gasteiger charge is -2.12. The van der Waals surface area contributed by atoms with Crippen LogP contribution in [0.2, 0.25) is 0 Å². The summed E-state index contributed by atoms with van der Waals surface area (Å²) < 4.78 is 22.1. The molecule has 0 bridgehead atoms. The SMILES string of the molecule is CCN[C@H](C)CNC(=O)c1csc(S(N)(=O)=O)c1.Cl. The van der Waals surface area contributed by atoms with Crippen LogP contribution in [0.3, 0.4) is 0 Å². The van der Waals surface area contributed by atoms with Gasteiger partial charge in [-0.15, -0.1) is 23.7 Å². The average Bonchev–Trinajstić information content (AvgIpc) is 2.75. The van der Waals surface area contributed by atoms with E-state index < -0.39 is 10.0 Å². The van der Waals surface area contributed by atoms with Gasteiger partial charge < -0.3 is 10.6 Å². The first-order chi connectivity index (χ1) is 8.34. The largest absolute Gasteiger partial charge is 0.350 e. The highest BCUT2D eigenvalue weighted by atomic mass is 35.5. The van der Waals surface area contributed by atoms with Gasteiger partial charge in [-0.3, -0.25) is 4.79 Å². The molecule has 4 N–H and O–H groups in total. The molecule has 0 spiro atoms. The number of likely N-dealkylation sites (N-methyl/N-ethyl adjacent to an activating group) is 1. The molecule has 0 fully saturated rings. The van der Waals surface area contributed by atoms with Crippen LogP contribution in [0.1, 0.15) is 24.2 Å². The van der Waals surface area contributed by atoms with Gasteiger partial charge in [0.2, 0.25) is 10.0 Å². The molecular weight excluding hydrogens is 310 g/mol. The van der Waals surface area contributed by atoms with Crippen LogP contribution in [0.5, 0.6) is 0 Å². The topological polar surface area (TPSA) is 101 Å². The Labute approximate surface area is 123 Å². The van der Waals surface area contributed by atoms with E-state index in [2.05, 4.69) is 10.6 Å². The van der Waals surface area contributed by atoms with Crippen LogP contribution < -0.4 is 15.8 Å². The smallest absolute Gasteiger partial charge is 0.252 e. The van der Waals surface area contributed by atoms with Crippen molar-refractivity contribution in [1.82, 2.24) is 10.6 Å². The molecule has 0 aromatic carbocycles. The van der Waals surface area contributed by atoms with Crippen molar-refractivity contribution in [3.05, 3.63) is 17.0 Å². The van der Waals surface area contributed by atoms with Gasteiger partial charge in [-0.05, 0) is 19.5 Å². The molecule has 0 saturated carbocycles. The second kappa shape index (κ2) is 7.81. The van der Waals surface area contributed by atoms with Crippen molar-refractivity contribution in [2.24, 2.45) is 5.14 Å². The first kappa shape index (κ1) is 18.3. The van der Waals surface area contributed by atoms with Gasteiger partial charge in [0.15, 0.2) is 0 Å². The molecule has 6 nitrogen and oxygen atoms in total. The molecule has 0 saturated heterocycles. The summed E-state index contributed by atoms with van der Waals surface area (Å²) >= 11 is 0.940. The summed E-state index contributed by atoms with van der Waals surface area (Å²) in [6.45, 7) is 5.24. The number of nitrogens with one attached hydrogen (secondary N) is 2. The zero-order valence-corrected chi connectivity index (χ0v) is 13.1. The minimum absolute atomic E-state index is 0. The number of hydrogen-bond donors (Lipinski definition) is 3. The van der Waals surface area contributed by atoms with Gasteiger partial charge in [0.1, 0.15) is 4.21 Å². The van der Waals surface area contributed by atoms with Crippen LogP contribution in [0.4, 0.5) is 0 Å². The molecule has 9 heteroatoms. The molecule has 1 amide bonds. The number of amides is 1. The minimum Gasteiger partial charge on any atom is -0.350 e. The summed E-state index contributed by atoms with van der Waals surface area (Å²) in [5, 5.41) is 12.3. The number of primary sulfonamides is 1. The third-order valence-electron chi connectivity index (χ3n) is 2.24. The van der Waals surface area contributed by atoms with Gasteiger partial charge in [-0.25, -0.2) is 13.6 Å². The maximum atomic E-state index is 11.7. The molecule has 1 aromatic heterocycles. The maximum Gasteiger partial charge on any atom is 0.252 e. The summed E-state index contributed by atoms with van der Waals surface area (Å²) in [4.78, 5) is 11.7. The van der Waals surface area contributed by atoms with Crippen LogP contribution in [0.25, 0.3) is 0 Å². The van der Waals surface area contributed by atoms with Gasteiger partial charge in [-0.1, -0.05) is 6.92 Å². The second-order valence-electron chi connectivity index (χ2n) is 3.87. The second-order valence-corrected chi connectivity index (χ2v) is 6.57. The molecule has 110 valence electrons. The number of hydrogen-bond acceptors (Lipinski definition) is 5. The van der Waals surface area contributed by atoms with E-state index in [-0.39, 0.29) is 28.6 Å². The molecule has 1 atom stereocenters. The Morgan fingerprint density at radius 3 is 2.63 bits per heavy atom. The van der Waals surface area contributed by atoms with Crippen molar-refractivity contribution in [3.8, 4) is 0 Å². The Hall–Kier alpha value is -0.670. The van der Waals surface area contributed by atoms with E-state index in [0.29, 0.717) is 12.1 Å². The van der Waals surface area contributed by atoms with Gasteiger partial charge in [0.05, 0.1) is 5.56 Å².